The Labute approximate surface area is 206 Å². The molecule has 2 aliphatic heterocycles. The SMILES string of the molecule is COc1ccc(-c2ccc(O)c(C3(C)CCCCC3)c2)cc1CC1SC(N2CCCC2)=NC1=O. The maximum atomic E-state index is 12.7. The summed E-state index contributed by atoms with van der Waals surface area (Å²) in [6.07, 6.45) is 8.84. The van der Waals surface area contributed by atoms with Crippen LogP contribution >= 0.6 is 11.8 Å². The number of rotatable bonds is 5. The van der Waals surface area contributed by atoms with Crippen LogP contribution in [0.25, 0.3) is 11.1 Å². The van der Waals surface area contributed by atoms with Crippen molar-refractivity contribution in [3.8, 4) is 22.6 Å². The quantitative estimate of drug-likeness (QED) is 0.577. The molecule has 6 heteroatoms. The fraction of sp³-hybridized carbons (Fsp3) is 0.500. The van der Waals surface area contributed by atoms with Crippen molar-refractivity contribution in [2.75, 3.05) is 20.2 Å². The van der Waals surface area contributed by atoms with Crippen LogP contribution in [0.3, 0.4) is 0 Å². The minimum absolute atomic E-state index is 0.0177. The average Bonchev–Trinajstić information content (AvgIpc) is 3.50. The zero-order valence-corrected chi connectivity index (χ0v) is 21.0. The number of aromatic hydroxyl groups is 1. The second kappa shape index (κ2) is 9.65. The van der Waals surface area contributed by atoms with Gasteiger partial charge in [0.15, 0.2) is 5.17 Å². The van der Waals surface area contributed by atoms with Crippen LogP contribution < -0.4 is 4.74 Å². The van der Waals surface area contributed by atoms with E-state index in [1.54, 1.807) is 18.9 Å². The number of methoxy groups -OCH3 is 1. The van der Waals surface area contributed by atoms with Crippen LogP contribution in [0.15, 0.2) is 41.4 Å². The maximum Gasteiger partial charge on any atom is 0.262 e. The van der Waals surface area contributed by atoms with Gasteiger partial charge in [-0.25, -0.2) is 0 Å². The minimum atomic E-state index is -0.212. The molecule has 3 aliphatic rings. The van der Waals surface area contributed by atoms with Gasteiger partial charge in [-0.15, -0.1) is 0 Å². The molecule has 0 bridgehead atoms. The molecule has 1 aliphatic carbocycles. The van der Waals surface area contributed by atoms with E-state index in [2.05, 4.69) is 35.0 Å². The number of phenols is 1. The Morgan fingerprint density at radius 3 is 2.50 bits per heavy atom. The van der Waals surface area contributed by atoms with Crippen LogP contribution in [0, 0.1) is 0 Å². The largest absolute Gasteiger partial charge is 0.508 e. The average molecular weight is 479 g/mol. The van der Waals surface area contributed by atoms with E-state index in [1.807, 2.05) is 18.2 Å². The molecule has 34 heavy (non-hydrogen) atoms. The summed E-state index contributed by atoms with van der Waals surface area (Å²) in [7, 11) is 1.68. The second-order valence-corrected chi connectivity index (χ2v) is 11.3. The molecule has 2 aromatic rings. The predicted molar refractivity (Wildman–Crippen MR) is 139 cm³/mol. The van der Waals surface area contributed by atoms with E-state index >= 15 is 0 Å². The summed E-state index contributed by atoms with van der Waals surface area (Å²) in [5.41, 5.74) is 4.24. The first-order valence-corrected chi connectivity index (χ1v) is 13.4. The molecule has 0 aromatic heterocycles. The Bertz CT molecular complexity index is 1100. The molecule has 0 spiro atoms. The first-order valence-electron chi connectivity index (χ1n) is 12.5. The number of hydrogen-bond acceptors (Lipinski definition) is 5. The van der Waals surface area contributed by atoms with Crippen molar-refractivity contribution in [1.82, 2.24) is 4.90 Å². The molecule has 1 atom stereocenters. The highest BCUT2D eigenvalue weighted by Crippen LogP contribution is 2.44. The Hall–Kier alpha value is -2.47. The van der Waals surface area contributed by atoms with Crippen LogP contribution in [-0.4, -0.2) is 46.5 Å². The molecule has 2 aromatic carbocycles. The molecular weight excluding hydrogens is 444 g/mol. The molecule has 1 unspecified atom stereocenters. The monoisotopic (exact) mass is 478 g/mol. The lowest BCUT2D eigenvalue weighted by Gasteiger charge is -2.35. The van der Waals surface area contributed by atoms with Crippen LogP contribution in [0.2, 0.25) is 0 Å². The number of benzene rings is 2. The number of thioether (sulfide) groups is 1. The molecular formula is C28H34N2O3S. The lowest BCUT2D eigenvalue weighted by atomic mass is 9.70. The number of carbonyl (C=O) groups excluding carboxylic acids is 1. The highest BCUT2D eigenvalue weighted by molar-refractivity contribution is 8.15. The smallest absolute Gasteiger partial charge is 0.262 e. The van der Waals surface area contributed by atoms with Gasteiger partial charge in [-0.05, 0) is 78.5 Å². The van der Waals surface area contributed by atoms with Crippen LogP contribution in [0.5, 0.6) is 11.5 Å². The molecule has 2 heterocycles. The zero-order chi connectivity index (χ0) is 23.7. The third kappa shape index (κ3) is 4.57. The number of phenolic OH excluding ortho intramolecular Hbond substituents is 1. The summed E-state index contributed by atoms with van der Waals surface area (Å²) in [4.78, 5) is 19.3. The number of likely N-dealkylation sites (tertiary alicyclic amines) is 1. The van der Waals surface area contributed by atoms with Gasteiger partial charge < -0.3 is 14.7 Å². The number of amides is 1. The summed E-state index contributed by atoms with van der Waals surface area (Å²) in [6.45, 7) is 4.27. The standard InChI is InChI=1S/C28H34N2O3S/c1-28(12-4-3-5-13-28)22-17-20(8-10-23(22)31)19-9-11-24(33-2)21(16-19)18-25-26(32)29-27(34-25)30-14-6-7-15-30/h8-11,16-17,25,31H,3-7,12-15,18H2,1-2H3. The Morgan fingerprint density at radius 1 is 1.06 bits per heavy atom. The molecule has 180 valence electrons. The van der Waals surface area contributed by atoms with Gasteiger partial charge in [0.1, 0.15) is 11.5 Å². The van der Waals surface area contributed by atoms with Gasteiger partial charge >= 0.3 is 0 Å². The molecule has 1 saturated carbocycles. The molecule has 1 saturated heterocycles. The third-order valence-corrected chi connectivity index (χ3v) is 8.94. The number of ether oxygens (including phenoxy) is 1. The van der Waals surface area contributed by atoms with Crippen molar-refractivity contribution in [3.63, 3.8) is 0 Å². The molecule has 1 N–H and O–H groups in total. The molecule has 5 rings (SSSR count). The van der Waals surface area contributed by atoms with Gasteiger partial charge in [0.05, 0.1) is 12.4 Å². The van der Waals surface area contributed by atoms with E-state index < -0.39 is 0 Å². The lowest BCUT2D eigenvalue weighted by molar-refractivity contribution is -0.117. The fourth-order valence-corrected chi connectivity index (χ4v) is 6.82. The topological polar surface area (TPSA) is 62.1 Å². The number of aliphatic imine (C=N–C) groups is 1. The molecule has 5 nitrogen and oxygen atoms in total. The van der Waals surface area contributed by atoms with Crippen LogP contribution in [0.4, 0.5) is 0 Å². The van der Waals surface area contributed by atoms with Gasteiger partial charge in [-0.2, -0.15) is 4.99 Å². The van der Waals surface area contributed by atoms with Gasteiger partial charge in [-0.3, -0.25) is 4.79 Å². The minimum Gasteiger partial charge on any atom is -0.508 e. The van der Waals surface area contributed by atoms with Crippen molar-refractivity contribution in [2.45, 2.75) is 69.0 Å². The molecule has 0 radical (unpaired) electrons. The zero-order valence-electron chi connectivity index (χ0n) is 20.2. The first-order chi connectivity index (χ1) is 16.5. The van der Waals surface area contributed by atoms with E-state index in [-0.39, 0.29) is 16.6 Å². The summed E-state index contributed by atoms with van der Waals surface area (Å²) in [5, 5.41) is 11.4. The summed E-state index contributed by atoms with van der Waals surface area (Å²) in [6, 6.07) is 12.2. The van der Waals surface area contributed by atoms with Gasteiger partial charge in [0, 0.05) is 18.7 Å². The van der Waals surface area contributed by atoms with E-state index in [1.165, 1.54) is 32.1 Å². The maximum absolute atomic E-state index is 12.7. The highest BCUT2D eigenvalue weighted by atomic mass is 32.2. The normalized spacial score (nSPS) is 22.2. The predicted octanol–water partition coefficient (Wildman–Crippen LogP) is 5.93. The summed E-state index contributed by atoms with van der Waals surface area (Å²) < 4.78 is 5.65. The van der Waals surface area contributed by atoms with Crippen molar-refractivity contribution < 1.29 is 14.6 Å². The fourth-order valence-electron chi connectivity index (χ4n) is 5.67. The molecule has 2 fully saturated rings. The van der Waals surface area contributed by atoms with E-state index in [0.717, 1.165) is 59.1 Å². The number of hydrogen-bond donors (Lipinski definition) is 1. The second-order valence-electron chi connectivity index (χ2n) is 10.1. The first kappa shape index (κ1) is 23.3. The Morgan fingerprint density at radius 2 is 1.76 bits per heavy atom. The number of carbonyl (C=O) groups is 1. The van der Waals surface area contributed by atoms with Crippen LogP contribution in [0.1, 0.15) is 63.0 Å². The van der Waals surface area contributed by atoms with Crippen molar-refractivity contribution >= 4 is 22.8 Å². The van der Waals surface area contributed by atoms with Crippen molar-refractivity contribution in [1.29, 1.82) is 0 Å². The van der Waals surface area contributed by atoms with E-state index in [0.29, 0.717) is 12.2 Å². The van der Waals surface area contributed by atoms with Crippen molar-refractivity contribution in [2.24, 2.45) is 4.99 Å². The summed E-state index contributed by atoms with van der Waals surface area (Å²) >= 11 is 1.59. The molecule has 1 amide bonds. The summed E-state index contributed by atoms with van der Waals surface area (Å²) in [5.74, 6) is 1.14. The lowest BCUT2D eigenvalue weighted by Crippen LogP contribution is -2.25. The number of nitrogens with zero attached hydrogens (tertiary/aromatic N) is 2. The van der Waals surface area contributed by atoms with Gasteiger partial charge in [-0.1, -0.05) is 50.1 Å². The van der Waals surface area contributed by atoms with Crippen LogP contribution in [-0.2, 0) is 16.6 Å². The van der Waals surface area contributed by atoms with E-state index in [9.17, 15) is 9.90 Å². The Kier molecular flexibility index (Phi) is 6.61. The van der Waals surface area contributed by atoms with Gasteiger partial charge in [0.25, 0.3) is 5.91 Å². The highest BCUT2D eigenvalue weighted by Gasteiger charge is 2.34. The van der Waals surface area contributed by atoms with E-state index in [4.69, 9.17) is 4.74 Å². The third-order valence-electron chi connectivity index (χ3n) is 7.73. The van der Waals surface area contributed by atoms with Gasteiger partial charge in [0.2, 0.25) is 0 Å². The van der Waals surface area contributed by atoms with Crippen molar-refractivity contribution in [3.05, 3.63) is 47.5 Å². The number of amidine groups is 1. The Balaban J connectivity index is 1.40.